The Balaban J connectivity index is 1.79. The second-order valence-electron chi connectivity index (χ2n) is 7.83. The van der Waals surface area contributed by atoms with E-state index in [1.165, 1.54) is 0 Å². The summed E-state index contributed by atoms with van der Waals surface area (Å²) in [5.41, 5.74) is 0.0767. The van der Waals surface area contributed by atoms with E-state index in [1.54, 1.807) is 0 Å². The Morgan fingerprint density at radius 2 is 1.88 bits per heavy atom. The molecule has 1 atom stereocenters. The molecule has 0 aliphatic heterocycles. The van der Waals surface area contributed by atoms with Crippen molar-refractivity contribution in [3.8, 4) is 0 Å². The van der Waals surface area contributed by atoms with Crippen LogP contribution in [0.4, 0.5) is 18.9 Å². The van der Waals surface area contributed by atoms with Crippen LogP contribution in [0, 0.1) is 0 Å². The zero-order valence-corrected chi connectivity index (χ0v) is 20.5. The monoisotopic (exact) mass is 511 g/mol. The molecule has 1 heterocycles. The number of alkyl halides is 3. The van der Waals surface area contributed by atoms with Gasteiger partial charge in [0.1, 0.15) is 0 Å². The zero-order valence-electron chi connectivity index (χ0n) is 18.9. The van der Waals surface area contributed by atoms with Crippen molar-refractivity contribution in [3.63, 3.8) is 0 Å². The number of nitrogens with one attached hydrogen (secondary N) is 1. The molecule has 0 aliphatic carbocycles. The summed E-state index contributed by atoms with van der Waals surface area (Å²) in [5.74, 6) is 0.208. The van der Waals surface area contributed by atoms with E-state index in [1.807, 2.05) is 49.0 Å². The quantitative estimate of drug-likeness (QED) is 0.371. The molecule has 1 unspecified atom stereocenters. The summed E-state index contributed by atoms with van der Waals surface area (Å²) in [6.45, 7) is 2.59. The number of thioether (sulfide) groups is 1. The van der Waals surface area contributed by atoms with Crippen molar-refractivity contribution in [2.24, 2.45) is 0 Å². The third kappa shape index (κ3) is 6.52. The van der Waals surface area contributed by atoms with Crippen LogP contribution in [-0.4, -0.2) is 45.4 Å². The lowest BCUT2D eigenvalue weighted by Crippen LogP contribution is -2.23. The van der Waals surface area contributed by atoms with Gasteiger partial charge in [0.15, 0.2) is 11.0 Å². The summed E-state index contributed by atoms with van der Waals surface area (Å²) < 4.78 is 41.0. The SMILES string of the molecule is CCC(c1nnc(SCC(=O)Nc2cc(C(F)(F)F)ccc2Cl)n1Cc1ccccc1)N(C)C. The molecule has 0 saturated heterocycles. The number of aromatic nitrogens is 3. The Bertz CT molecular complexity index is 1120. The molecule has 0 bridgehead atoms. The molecule has 182 valence electrons. The molecule has 0 aliphatic rings. The van der Waals surface area contributed by atoms with Crippen LogP contribution < -0.4 is 5.32 Å². The first kappa shape index (κ1) is 26.1. The van der Waals surface area contributed by atoms with Gasteiger partial charge in [-0.05, 0) is 44.3 Å². The highest BCUT2D eigenvalue weighted by Gasteiger charge is 2.31. The average Bonchev–Trinajstić information content (AvgIpc) is 3.16. The highest BCUT2D eigenvalue weighted by molar-refractivity contribution is 7.99. The van der Waals surface area contributed by atoms with E-state index >= 15 is 0 Å². The van der Waals surface area contributed by atoms with Crippen molar-refractivity contribution in [2.45, 2.75) is 37.3 Å². The summed E-state index contributed by atoms with van der Waals surface area (Å²) in [5, 5.41) is 11.7. The number of carbonyl (C=O) groups excluding carboxylic acids is 1. The Morgan fingerprint density at radius 3 is 2.50 bits per heavy atom. The molecule has 0 radical (unpaired) electrons. The first-order valence-electron chi connectivity index (χ1n) is 10.5. The van der Waals surface area contributed by atoms with Gasteiger partial charge in [-0.2, -0.15) is 13.2 Å². The number of rotatable bonds is 9. The molecular weight excluding hydrogens is 487 g/mol. The van der Waals surface area contributed by atoms with Crippen LogP contribution >= 0.6 is 23.4 Å². The standard InChI is InChI=1S/C23H25ClF3N5OS/c1-4-19(31(2)3)21-29-30-22(32(21)13-15-8-6-5-7-9-15)34-14-20(33)28-18-12-16(23(25,26)27)10-11-17(18)24/h5-12,19H,4,13-14H2,1-3H3,(H,28,33). The molecular formula is C23H25ClF3N5OS. The molecule has 11 heteroatoms. The van der Waals surface area contributed by atoms with Crippen molar-refractivity contribution in [3.05, 3.63) is 70.5 Å². The van der Waals surface area contributed by atoms with E-state index in [2.05, 4.69) is 27.3 Å². The fraction of sp³-hybridized carbons (Fsp3) is 0.348. The summed E-state index contributed by atoms with van der Waals surface area (Å²) >= 11 is 7.15. The highest BCUT2D eigenvalue weighted by Crippen LogP contribution is 2.34. The van der Waals surface area contributed by atoms with Gasteiger partial charge in [-0.25, -0.2) is 0 Å². The van der Waals surface area contributed by atoms with Crippen LogP contribution in [0.5, 0.6) is 0 Å². The maximum absolute atomic E-state index is 13.0. The molecule has 0 spiro atoms. The first-order valence-corrected chi connectivity index (χ1v) is 11.9. The van der Waals surface area contributed by atoms with E-state index in [4.69, 9.17) is 11.6 Å². The molecule has 3 rings (SSSR count). The van der Waals surface area contributed by atoms with Crippen molar-refractivity contribution < 1.29 is 18.0 Å². The second-order valence-corrected chi connectivity index (χ2v) is 9.18. The predicted molar refractivity (Wildman–Crippen MR) is 128 cm³/mol. The van der Waals surface area contributed by atoms with Gasteiger partial charge in [-0.1, -0.05) is 60.6 Å². The summed E-state index contributed by atoms with van der Waals surface area (Å²) in [6, 6.07) is 12.7. The minimum atomic E-state index is -4.54. The van der Waals surface area contributed by atoms with Gasteiger partial charge >= 0.3 is 6.18 Å². The van der Waals surface area contributed by atoms with Gasteiger partial charge < -0.3 is 9.88 Å². The van der Waals surface area contributed by atoms with Crippen LogP contribution in [0.3, 0.4) is 0 Å². The van der Waals surface area contributed by atoms with Crippen molar-refractivity contribution in [1.29, 1.82) is 0 Å². The number of amides is 1. The third-order valence-electron chi connectivity index (χ3n) is 5.14. The largest absolute Gasteiger partial charge is 0.416 e. The molecule has 2 aromatic carbocycles. The number of hydrogen-bond donors (Lipinski definition) is 1. The minimum absolute atomic E-state index is 0.0256. The molecule has 1 aromatic heterocycles. The van der Waals surface area contributed by atoms with Crippen LogP contribution in [0.15, 0.2) is 53.7 Å². The topological polar surface area (TPSA) is 63.1 Å². The normalized spacial score (nSPS) is 12.7. The fourth-order valence-corrected chi connectivity index (χ4v) is 4.37. The number of benzene rings is 2. The Morgan fingerprint density at radius 1 is 1.18 bits per heavy atom. The van der Waals surface area contributed by atoms with Crippen molar-refractivity contribution >= 4 is 35.0 Å². The lowest BCUT2D eigenvalue weighted by Gasteiger charge is -2.23. The predicted octanol–water partition coefficient (Wildman–Crippen LogP) is 5.74. The van der Waals surface area contributed by atoms with E-state index in [0.29, 0.717) is 11.7 Å². The van der Waals surface area contributed by atoms with Crippen LogP contribution in [0.1, 0.15) is 36.3 Å². The highest BCUT2D eigenvalue weighted by atomic mass is 35.5. The van der Waals surface area contributed by atoms with Gasteiger partial charge in [-0.3, -0.25) is 9.69 Å². The average molecular weight is 512 g/mol. The number of anilines is 1. The van der Waals surface area contributed by atoms with Crippen LogP contribution in [-0.2, 0) is 17.5 Å². The third-order valence-corrected chi connectivity index (χ3v) is 6.43. The molecule has 3 aromatic rings. The van der Waals surface area contributed by atoms with E-state index in [-0.39, 0.29) is 22.5 Å². The van der Waals surface area contributed by atoms with E-state index in [9.17, 15) is 18.0 Å². The number of carbonyl (C=O) groups is 1. The first-order chi connectivity index (χ1) is 16.1. The van der Waals surface area contributed by atoms with Gasteiger partial charge in [0.25, 0.3) is 0 Å². The Labute approximate surface area is 205 Å². The number of halogens is 4. The molecule has 0 saturated carbocycles. The smallest absolute Gasteiger partial charge is 0.324 e. The van der Waals surface area contributed by atoms with Gasteiger partial charge in [0, 0.05) is 0 Å². The van der Waals surface area contributed by atoms with Gasteiger partial charge in [0.05, 0.1) is 34.6 Å². The number of hydrogen-bond acceptors (Lipinski definition) is 5. The van der Waals surface area contributed by atoms with Crippen LogP contribution in [0.25, 0.3) is 0 Å². The Hall–Kier alpha value is -2.56. The molecule has 6 nitrogen and oxygen atoms in total. The van der Waals surface area contributed by atoms with Crippen molar-refractivity contribution in [1.82, 2.24) is 19.7 Å². The maximum atomic E-state index is 13.0. The zero-order chi connectivity index (χ0) is 24.9. The summed E-state index contributed by atoms with van der Waals surface area (Å²) in [4.78, 5) is 14.6. The lowest BCUT2D eigenvalue weighted by molar-refractivity contribution is -0.137. The summed E-state index contributed by atoms with van der Waals surface area (Å²) in [7, 11) is 3.93. The minimum Gasteiger partial charge on any atom is -0.324 e. The van der Waals surface area contributed by atoms with E-state index < -0.39 is 17.6 Å². The maximum Gasteiger partial charge on any atom is 0.416 e. The van der Waals surface area contributed by atoms with Gasteiger partial charge in [0.2, 0.25) is 5.91 Å². The number of nitrogens with zero attached hydrogens (tertiary/aromatic N) is 4. The Kier molecular flexibility index (Phi) is 8.62. The summed E-state index contributed by atoms with van der Waals surface area (Å²) in [6.07, 6.45) is -3.72. The van der Waals surface area contributed by atoms with Gasteiger partial charge in [-0.15, -0.1) is 10.2 Å². The second kappa shape index (κ2) is 11.2. The molecule has 0 fully saturated rings. The molecule has 1 amide bonds. The molecule has 1 N–H and O–H groups in total. The lowest BCUT2D eigenvalue weighted by atomic mass is 10.2. The van der Waals surface area contributed by atoms with Crippen molar-refractivity contribution in [2.75, 3.05) is 25.2 Å². The van der Waals surface area contributed by atoms with Crippen LogP contribution in [0.2, 0.25) is 5.02 Å². The fourth-order valence-electron chi connectivity index (χ4n) is 3.46. The van der Waals surface area contributed by atoms with E-state index in [0.717, 1.165) is 47.8 Å². The molecule has 34 heavy (non-hydrogen) atoms.